The van der Waals surface area contributed by atoms with Crippen LogP contribution in [-0.4, -0.2) is 22.2 Å². The Morgan fingerprint density at radius 3 is 2.46 bits per heavy atom. The van der Waals surface area contributed by atoms with Crippen LogP contribution in [-0.2, 0) is 18.4 Å². The summed E-state index contributed by atoms with van der Waals surface area (Å²) in [5.74, 6) is -0.861. The molecule has 3 N–H and O–H groups in total. The van der Waals surface area contributed by atoms with Gasteiger partial charge >= 0.3 is 5.97 Å². The molecule has 1 heterocycles. The van der Waals surface area contributed by atoms with Crippen molar-refractivity contribution in [1.82, 2.24) is 4.57 Å². The van der Waals surface area contributed by atoms with Crippen LogP contribution in [0.2, 0.25) is 0 Å². The molecule has 0 atom stereocenters. The van der Waals surface area contributed by atoms with Crippen molar-refractivity contribution in [3.05, 3.63) is 34.5 Å². The van der Waals surface area contributed by atoms with Crippen molar-refractivity contribution in [2.24, 2.45) is 5.73 Å². The molecule has 4 heteroatoms. The van der Waals surface area contributed by atoms with Gasteiger partial charge in [-0.1, -0.05) is 34.1 Å². The Balaban J connectivity index is 2.87. The molecule has 0 fully saturated rings. The number of aryl methyl sites for hydroxylation is 2. The highest BCUT2D eigenvalue weighted by Crippen LogP contribution is 2.35. The molecule has 0 aliphatic carbocycles. The Morgan fingerprint density at radius 2 is 1.96 bits per heavy atom. The lowest BCUT2D eigenvalue weighted by Gasteiger charge is -2.20. The smallest absolute Gasteiger partial charge is 0.337 e. The molecule has 0 amide bonds. The Kier molecular flexibility index (Phi) is 5.38. The molecule has 132 valence electrons. The minimum absolute atomic E-state index is 0.0882. The number of rotatable bonds is 6. The quantitative estimate of drug-likeness (QED) is 0.832. The number of carboxylic acids is 1. The van der Waals surface area contributed by atoms with Crippen LogP contribution in [0.5, 0.6) is 0 Å². The van der Waals surface area contributed by atoms with Crippen molar-refractivity contribution >= 4 is 16.9 Å². The lowest BCUT2D eigenvalue weighted by molar-refractivity contribution is 0.0698. The number of hydrogen-bond acceptors (Lipinski definition) is 2. The third kappa shape index (κ3) is 3.34. The zero-order valence-corrected chi connectivity index (χ0v) is 15.6. The molecule has 2 rings (SSSR count). The van der Waals surface area contributed by atoms with E-state index in [1.165, 1.54) is 11.3 Å². The molecular weight excluding hydrogens is 300 g/mol. The predicted octanol–water partition coefficient (Wildman–Crippen LogP) is 4.25. The number of aromatic carboxylic acids is 1. The maximum absolute atomic E-state index is 12.0. The number of fused-ring (bicyclic) bond motifs is 1. The fourth-order valence-corrected chi connectivity index (χ4v) is 3.37. The van der Waals surface area contributed by atoms with Gasteiger partial charge in [-0.05, 0) is 55.0 Å². The van der Waals surface area contributed by atoms with E-state index in [0.717, 1.165) is 42.3 Å². The molecule has 0 unspecified atom stereocenters. The van der Waals surface area contributed by atoms with Crippen LogP contribution in [0.15, 0.2) is 12.1 Å². The monoisotopic (exact) mass is 330 g/mol. The van der Waals surface area contributed by atoms with E-state index in [4.69, 9.17) is 5.73 Å². The molecule has 2 aromatic rings. The first-order valence-electron chi connectivity index (χ1n) is 8.81. The van der Waals surface area contributed by atoms with Gasteiger partial charge in [0.25, 0.3) is 0 Å². The van der Waals surface area contributed by atoms with E-state index in [9.17, 15) is 9.90 Å². The van der Waals surface area contributed by atoms with Gasteiger partial charge in [0, 0.05) is 17.6 Å². The van der Waals surface area contributed by atoms with Crippen LogP contribution in [0, 0.1) is 6.92 Å². The molecule has 0 saturated heterocycles. The third-order valence-electron chi connectivity index (χ3n) is 4.73. The summed E-state index contributed by atoms with van der Waals surface area (Å²) < 4.78 is 2.16. The van der Waals surface area contributed by atoms with Crippen LogP contribution in [0.4, 0.5) is 0 Å². The van der Waals surface area contributed by atoms with E-state index in [1.807, 2.05) is 6.07 Å². The predicted molar refractivity (Wildman–Crippen MR) is 100 cm³/mol. The Morgan fingerprint density at radius 1 is 1.29 bits per heavy atom. The van der Waals surface area contributed by atoms with E-state index in [2.05, 4.69) is 45.3 Å². The van der Waals surface area contributed by atoms with E-state index in [-0.39, 0.29) is 5.41 Å². The van der Waals surface area contributed by atoms with Crippen LogP contribution < -0.4 is 5.73 Å². The zero-order valence-electron chi connectivity index (χ0n) is 15.6. The van der Waals surface area contributed by atoms with Crippen molar-refractivity contribution in [2.75, 3.05) is 6.54 Å². The van der Waals surface area contributed by atoms with Gasteiger partial charge in [0.15, 0.2) is 0 Å². The molecule has 1 aromatic heterocycles. The van der Waals surface area contributed by atoms with Crippen LogP contribution in [0.1, 0.15) is 67.7 Å². The van der Waals surface area contributed by atoms with Gasteiger partial charge in [0.1, 0.15) is 0 Å². The first-order valence-corrected chi connectivity index (χ1v) is 8.81. The SMILES string of the molecule is CCCc1c(C)n(CCCN)c2c(C(=O)O)cc(C(C)(C)C)cc12. The minimum Gasteiger partial charge on any atom is -0.478 e. The fourth-order valence-electron chi connectivity index (χ4n) is 3.37. The summed E-state index contributed by atoms with van der Waals surface area (Å²) in [7, 11) is 0. The second kappa shape index (κ2) is 6.98. The maximum atomic E-state index is 12.0. The van der Waals surface area contributed by atoms with E-state index >= 15 is 0 Å². The number of aromatic nitrogens is 1. The van der Waals surface area contributed by atoms with Crippen LogP contribution >= 0.6 is 0 Å². The molecule has 0 saturated carbocycles. The first-order chi connectivity index (χ1) is 11.2. The molecule has 1 aromatic carbocycles. The first kappa shape index (κ1) is 18.5. The van der Waals surface area contributed by atoms with Gasteiger partial charge < -0.3 is 15.4 Å². The number of benzene rings is 1. The lowest BCUT2D eigenvalue weighted by Crippen LogP contribution is -2.14. The number of nitrogens with zero attached hydrogens (tertiary/aromatic N) is 1. The van der Waals surface area contributed by atoms with Crippen LogP contribution in [0.25, 0.3) is 10.9 Å². The fraction of sp³-hybridized carbons (Fsp3) is 0.550. The van der Waals surface area contributed by atoms with E-state index in [1.54, 1.807) is 0 Å². The number of hydrogen-bond donors (Lipinski definition) is 2. The second-order valence-electron chi connectivity index (χ2n) is 7.58. The summed E-state index contributed by atoms with van der Waals surface area (Å²) in [4.78, 5) is 12.0. The summed E-state index contributed by atoms with van der Waals surface area (Å²) in [6.07, 6.45) is 2.85. The standard InChI is InChI=1S/C20H30N2O2/c1-6-8-15-13(2)22(10-7-9-21)18-16(15)11-14(20(3,4)5)12-17(18)19(23)24/h11-12H,6-10,21H2,1-5H3,(H,23,24). The molecule has 0 aliphatic heterocycles. The average Bonchev–Trinajstić information content (AvgIpc) is 2.76. The molecular formula is C20H30N2O2. The normalized spacial score (nSPS) is 12.1. The second-order valence-corrected chi connectivity index (χ2v) is 7.58. The van der Waals surface area contributed by atoms with Crippen molar-refractivity contribution in [3.63, 3.8) is 0 Å². The molecule has 0 radical (unpaired) electrons. The minimum atomic E-state index is -0.861. The van der Waals surface area contributed by atoms with Gasteiger partial charge in [0.05, 0.1) is 11.1 Å². The summed E-state index contributed by atoms with van der Waals surface area (Å²) in [5.41, 5.74) is 10.4. The highest BCUT2D eigenvalue weighted by molar-refractivity contribution is 6.04. The summed E-state index contributed by atoms with van der Waals surface area (Å²) in [5, 5.41) is 10.9. The van der Waals surface area contributed by atoms with E-state index in [0.29, 0.717) is 12.1 Å². The molecule has 0 spiro atoms. The van der Waals surface area contributed by atoms with Crippen LogP contribution in [0.3, 0.4) is 0 Å². The highest BCUT2D eigenvalue weighted by atomic mass is 16.4. The van der Waals surface area contributed by atoms with Crippen molar-refractivity contribution in [1.29, 1.82) is 0 Å². The largest absolute Gasteiger partial charge is 0.478 e. The molecule has 0 bridgehead atoms. The number of nitrogens with two attached hydrogens (primary N) is 1. The maximum Gasteiger partial charge on any atom is 0.337 e. The Bertz CT molecular complexity index is 751. The van der Waals surface area contributed by atoms with Crippen molar-refractivity contribution in [3.8, 4) is 0 Å². The van der Waals surface area contributed by atoms with Gasteiger partial charge in [-0.25, -0.2) is 4.79 Å². The van der Waals surface area contributed by atoms with Crippen molar-refractivity contribution < 1.29 is 9.90 Å². The summed E-state index contributed by atoms with van der Waals surface area (Å²) in [6.45, 7) is 12.0. The average molecular weight is 330 g/mol. The van der Waals surface area contributed by atoms with Gasteiger partial charge in [-0.15, -0.1) is 0 Å². The summed E-state index contributed by atoms with van der Waals surface area (Å²) >= 11 is 0. The summed E-state index contributed by atoms with van der Waals surface area (Å²) in [6, 6.07) is 4.04. The van der Waals surface area contributed by atoms with Gasteiger partial charge in [-0.3, -0.25) is 0 Å². The topological polar surface area (TPSA) is 68.2 Å². The Labute approximate surface area is 144 Å². The number of carboxylic acid groups (broad SMARTS) is 1. The Hall–Kier alpha value is -1.81. The van der Waals surface area contributed by atoms with Gasteiger partial charge in [-0.2, -0.15) is 0 Å². The van der Waals surface area contributed by atoms with Crippen molar-refractivity contribution in [2.45, 2.75) is 65.8 Å². The molecule has 4 nitrogen and oxygen atoms in total. The molecule has 24 heavy (non-hydrogen) atoms. The lowest BCUT2D eigenvalue weighted by atomic mass is 9.84. The van der Waals surface area contributed by atoms with Gasteiger partial charge in [0.2, 0.25) is 0 Å². The molecule has 0 aliphatic rings. The van der Waals surface area contributed by atoms with E-state index < -0.39 is 5.97 Å². The highest BCUT2D eigenvalue weighted by Gasteiger charge is 2.24. The third-order valence-corrected chi connectivity index (χ3v) is 4.73. The number of carbonyl (C=O) groups is 1. The zero-order chi connectivity index (χ0) is 18.1.